The molecule has 0 aliphatic heterocycles. The number of nitrogens with one attached hydrogen (secondary N) is 2. The largest absolute Gasteiger partial charge is 0.355 e. The van der Waals surface area contributed by atoms with Gasteiger partial charge in [0.15, 0.2) is 0 Å². The van der Waals surface area contributed by atoms with Crippen LogP contribution in [0.3, 0.4) is 0 Å². The number of hydrogen-bond donors (Lipinski definition) is 2. The van der Waals surface area contributed by atoms with E-state index in [1.165, 1.54) is 0 Å². The Balaban J connectivity index is 4.17. The van der Waals surface area contributed by atoms with E-state index in [0.717, 1.165) is 0 Å². The number of carbonyl (C=O) groups excluding carboxylic acids is 2. The molecule has 0 fully saturated rings. The van der Waals surface area contributed by atoms with E-state index in [1.54, 1.807) is 0 Å². The van der Waals surface area contributed by atoms with E-state index in [4.69, 9.17) is 0 Å². The van der Waals surface area contributed by atoms with E-state index in [-0.39, 0.29) is 23.3 Å². The van der Waals surface area contributed by atoms with Crippen molar-refractivity contribution >= 4 is 11.8 Å². The van der Waals surface area contributed by atoms with Gasteiger partial charge < -0.3 is 10.6 Å². The molecule has 0 aromatic heterocycles. The van der Waals surface area contributed by atoms with E-state index in [9.17, 15) is 9.59 Å². The zero-order valence-electron chi connectivity index (χ0n) is 12.8. The van der Waals surface area contributed by atoms with Crippen LogP contribution in [0.25, 0.3) is 0 Å². The molecule has 0 atom stereocenters. The van der Waals surface area contributed by atoms with Crippen LogP contribution in [-0.2, 0) is 9.59 Å². The van der Waals surface area contributed by atoms with Crippen molar-refractivity contribution in [1.82, 2.24) is 10.6 Å². The molecule has 2 amide bonds. The van der Waals surface area contributed by atoms with Gasteiger partial charge in [0, 0.05) is 24.4 Å². The molecular weight excluding hydrogens is 228 g/mol. The maximum atomic E-state index is 12.1. The maximum absolute atomic E-state index is 12.1. The van der Waals surface area contributed by atoms with Crippen molar-refractivity contribution in [2.75, 3.05) is 6.54 Å². The van der Waals surface area contributed by atoms with Gasteiger partial charge in [0.05, 0.1) is 0 Å². The smallest absolute Gasteiger partial charge is 0.226 e. The second-order valence-corrected chi connectivity index (χ2v) is 6.60. The Bertz CT molecular complexity index is 301. The van der Waals surface area contributed by atoms with Gasteiger partial charge in [0.25, 0.3) is 0 Å². The van der Waals surface area contributed by atoms with E-state index in [1.807, 2.05) is 48.5 Å². The highest BCUT2D eigenvalue weighted by Gasteiger charge is 2.39. The lowest BCUT2D eigenvalue weighted by Gasteiger charge is -2.37. The molecule has 2 N–H and O–H groups in total. The van der Waals surface area contributed by atoms with Crippen molar-refractivity contribution in [2.24, 2.45) is 10.8 Å². The second kappa shape index (κ2) is 6.21. The van der Waals surface area contributed by atoms with Crippen LogP contribution >= 0.6 is 0 Å². The fourth-order valence-corrected chi connectivity index (χ4v) is 1.25. The maximum Gasteiger partial charge on any atom is 0.226 e. The minimum Gasteiger partial charge on any atom is -0.355 e. The summed E-state index contributed by atoms with van der Waals surface area (Å²) in [5.41, 5.74) is -0.571. The second-order valence-electron chi connectivity index (χ2n) is 6.60. The predicted molar refractivity (Wildman–Crippen MR) is 74.1 cm³/mol. The highest BCUT2D eigenvalue weighted by atomic mass is 16.2. The first kappa shape index (κ1) is 16.9. The fraction of sp³-hybridized carbons (Fsp3) is 0.857. The lowest BCUT2D eigenvalue weighted by atomic mass is 9.69. The van der Waals surface area contributed by atoms with E-state index in [0.29, 0.717) is 13.0 Å². The molecule has 4 nitrogen and oxygen atoms in total. The molecule has 0 aromatic carbocycles. The van der Waals surface area contributed by atoms with E-state index < -0.39 is 5.41 Å². The Morgan fingerprint density at radius 2 is 1.56 bits per heavy atom. The minimum atomic E-state index is -0.457. The zero-order valence-corrected chi connectivity index (χ0v) is 12.8. The average molecular weight is 256 g/mol. The summed E-state index contributed by atoms with van der Waals surface area (Å²) in [7, 11) is 0. The monoisotopic (exact) mass is 256 g/mol. The molecule has 0 radical (unpaired) electrons. The lowest BCUT2D eigenvalue weighted by Crippen LogP contribution is -2.46. The van der Waals surface area contributed by atoms with Gasteiger partial charge in [0.2, 0.25) is 11.8 Å². The molecule has 4 heteroatoms. The third-order valence-electron chi connectivity index (χ3n) is 3.53. The molecule has 0 saturated heterocycles. The first-order chi connectivity index (χ1) is 7.98. The summed E-state index contributed by atoms with van der Waals surface area (Å²) in [6.07, 6.45) is 0.324. The molecule has 0 bridgehead atoms. The minimum absolute atomic E-state index is 0.00709. The summed E-state index contributed by atoms with van der Waals surface area (Å²) < 4.78 is 0. The topological polar surface area (TPSA) is 58.2 Å². The third-order valence-corrected chi connectivity index (χ3v) is 3.53. The third kappa shape index (κ3) is 5.07. The normalized spacial score (nSPS) is 12.4. The Labute approximate surface area is 111 Å². The van der Waals surface area contributed by atoms with Gasteiger partial charge >= 0.3 is 0 Å². The number of hydrogen-bond acceptors (Lipinski definition) is 2. The fourth-order valence-electron chi connectivity index (χ4n) is 1.25. The van der Waals surface area contributed by atoms with Gasteiger partial charge in [-0.3, -0.25) is 9.59 Å². The summed E-state index contributed by atoms with van der Waals surface area (Å²) in [5.74, 6) is -0.0359. The highest BCUT2D eigenvalue weighted by molar-refractivity contribution is 5.83. The van der Waals surface area contributed by atoms with Crippen molar-refractivity contribution in [3.8, 4) is 0 Å². The van der Waals surface area contributed by atoms with Crippen LogP contribution < -0.4 is 10.6 Å². The van der Waals surface area contributed by atoms with Crippen LogP contribution in [0.5, 0.6) is 0 Å². The number of rotatable bonds is 5. The van der Waals surface area contributed by atoms with Crippen LogP contribution in [0.1, 0.15) is 54.9 Å². The Kier molecular flexibility index (Phi) is 5.84. The highest BCUT2D eigenvalue weighted by Crippen LogP contribution is 2.37. The van der Waals surface area contributed by atoms with Crippen molar-refractivity contribution in [2.45, 2.75) is 60.9 Å². The van der Waals surface area contributed by atoms with Crippen LogP contribution in [0, 0.1) is 10.8 Å². The standard InChI is InChI=1S/C14H28N2O2/c1-10(2)16-11(17)8-9-15-12(18)14(6,7)13(3,4)5/h10H,8-9H2,1-7H3,(H,15,18)(H,16,17). The van der Waals surface area contributed by atoms with Gasteiger partial charge in [0.1, 0.15) is 0 Å². The van der Waals surface area contributed by atoms with Crippen molar-refractivity contribution in [3.05, 3.63) is 0 Å². The van der Waals surface area contributed by atoms with E-state index in [2.05, 4.69) is 10.6 Å². The SMILES string of the molecule is CC(C)NC(=O)CCNC(=O)C(C)(C)C(C)(C)C. The summed E-state index contributed by atoms with van der Waals surface area (Å²) in [4.78, 5) is 23.5. The molecule has 0 aromatic rings. The Morgan fingerprint density at radius 3 is 1.94 bits per heavy atom. The molecule has 18 heavy (non-hydrogen) atoms. The molecule has 0 rings (SSSR count). The Morgan fingerprint density at radius 1 is 1.06 bits per heavy atom. The molecule has 0 heterocycles. The summed E-state index contributed by atoms with van der Waals surface area (Å²) >= 11 is 0. The van der Waals surface area contributed by atoms with Crippen LogP contribution in [0.15, 0.2) is 0 Å². The van der Waals surface area contributed by atoms with Crippen molar-refractivity contribution < 1.29 is 9.59 Å². The van der Waals surface area contributed by atoms with Gasteiger partial charge in [-0.2, -0.15) is 0 Å². The first-order valence-electron chi connectivity index (χ1n) is 6.56. The van der Waals surface area contributed by atoms with Crippen LogP contribution in [0.2, 0.25) is 0 Å². The molecule has 0 aliphatic rings. The quantitative estimate of drug-likeness (QED) is 0.791. The molecule has 106 valence electrons. The van der Waals surface area contributed by atoms with Gasteiger partial charge in [-0.05, 0) is 19.3 Å². The number of amides is 2. The molecular formula is C14H28N2O2. The van der Waals surface area contributed by atoms with Crippen LogP contribution in [0.4, 0.5) is 0 Å². The van der Waals surface area contributed by atoms with Crippen molar-refractivity contribution in [3.63, 3.8) is 0 Å². The number of carbonyl (C=O) groups is 2. The summed E-state index contributed by atoms with van der Waals surface area (Å²) in [6.45, 7) is 14.2. The average Bonchev–Trinajstić information content (AvgIpc) is 2.14. The van der Waals surface area contributed by atoms with Crippen LogP contribution in [-0.4, -0.2) is 24.4 Å². The molecule has 0 unspecified atom stereocenters. The zero-order chi connectivity index (χ0) is 14.6. The summed E-state index contributed by atoms with van der Waals surface area (Å²) in [6, 6.07) is 0.138. The molecule has 0 aliphatic carbocycles. The Hall–Kier alpha value is -1.06. The molecule has 0 saturated carbocycles. The van der Waals surface area contributed by atoms with Gasteiger partial charge in [-0.25, -0.2) is 0 Å². The van der Waals surface area contributed by atoms with Crippen molar-refractivity contribution in [1.29, 1.82) is 0 Å². The summed E-state index contributed by atoms with van der Waals surface area (Å²) in [5, 5.41) is 5.63. The predicted octanol–water partition coefficient (Wildman–Crippen LogP) is 2.09. The van der Waals surface area contributed by atoms with Gasteiger partial charge in [-0.15, -0.1) is 0 Å². The van der Waals surface area contributed by atoms with E-state index >= 15 is 0 Å². The molecule has 0 spiro atoms. The van der Waals surface area contributed by atoms with Gasteiger partial charge in [-0.1, -0.05) is 34.6 Å². The first-order valence-corrected chi connectivity index (χ1v) is 6.56. The lowest BCUT2D eigenvalue weighted by molar-refractivity contribution is -0.134.